The van der Waals surface area contributed by atoms with Crippen LogP contribution in [0.4, 0.5) is 0 Å². The lowest BCUT2D eigenvalue weighted by atomic mass is 9.98. The van der Waals surface area contributed by atoms with Crippen molar-refractivity contribution in [3.05, 3.63) is 0 Å². The highest BCUT2D eigenvalue weighted by Gasteiger charge is 2.47. The number of carbonyl (C=O) groups is 1. The smallest absolute Gasteiger partial charge is 0.251 e. The molecule has 42 heavy (non-hydrogen) atoms. The second-order valence-electron chi connectivity index (χ2n) is 11.6. The largest absolute Gasteiger partial charge is 0.394 e. The molecule has 1 aliphatic heterocycles. The molecule has 1 saturated heterocycles. The van der Waals surface area contributed by atoms with Gasteiger partial charge in [0.05, 0.1) is 13.2 Å². The molecule has 1 aliphatic rings. The molecular weight excluding hydrogens is 550 g/mol. The number of aliphatic hydroxyl groups is 8. The summed E-state index contributed by atoms with van der Waals surface area (Å²) in [6.45, 7) is 0.866. The van der Waals surface area contributed by atoms with Gasteiger partial charge in [-0.05, 0) is 6.42 Å². The Kier molecular flexibility index (Phi) is 21.8. The van der Waals surface area contributed by atoms with Crippen molar-refractivity contribution in [2.75, 3.05) is 19.8 Å². The number of hydrogen-bond donors (Lipinski definition) is 9. The third-order valence-electron chi connectivity index (χ3n) is 7.96. The first-order valence-corrected chi connectivity index (χ1v) is 16.1. The van der Waals surface area contributed by atoms with E-state index in [1.807, 2.05) is 0 Å². The van der Waals surface area contributed by atoms with Crippen molar-refractivity contribution in [1.82, 2.24) is 5.32 Å². The average molecular weight is 610 g/mol. The van der Waals surface area contributed by atoms with Crippen molar-refractivity contribution < 1.29 is 55.1 Å². The van der Waals surface area contributed by atoms with Gasteiger partial charge in [0.25, 0.3) is 5.91 Å². The fourth-order valence-corrected chi connectivity index (χ4v) is 5.16. The topological polar surface area (TPSA) is 209 Å². The van der Waals surface area contributed by atoms with Crippen LogP contribution in [-0.4, -0.2) is 122 Å². The zero-order valence-electron chi connectivity index (χ0n) is 25.4. The van der Waals surface area contributed by atoms with Gasteiger partial charge in [0, 0.05) is 6.54 Å². The molecule has 0 bridgehead atoms. The van der Waals surface area contributed by atoms with Crippen molar-refractivity contribution in [1.29, 1.82) is 0 Å². The molecule has 12 nitrogen and oxygen atoms in total. The van der Waals surface area contributed by atoms with Gasteiger partial charge >= 0.3 is 0 Å². The van der Waals surface area contributed by atoms with Crippen LogP contribution in [0, 0.1) is 0 Å². The van der Waals surface area contributed by atoms with Crippen molar-refractivity contribution in [3.63, 3.8) is 0 Å². The summed E-state index contributed by atoms with van der Waals surface area (Å²) in [7, 11) is 0. The molecule has 1 fully saturated rings. The standard InChI is InChI=1S/C30H59NO11/c1-2-3-4-5-6-7-8-9-10-11-12-13-14-15-16-17-18-31-29(40)26(38)25(37)28(21(34)19-32)42-30-27(39)24(36)23(35)22(20-33)41-30/h21-28,30,32-39H,2-20H2,1H3,(H,31,40)/t21-,22-,23+,24+,25-,26-,27-,28-,30+/m1/s1. The molecule has 1 amide bonds. The lowest BCUT2D eigenvalue weighted by Gasteiger charge is -2.42. The predicted molar refractivity (Wildman–Crippen MR) is 156 cm³/mol. The third kappa shape index (κ3) is 14.7. The lowest BCUT2D eigenvalue weighted by molar-refractivity contribution is -0.326. The Bertz CT molecular complexity index is 671. The van der Waals surface area contributed by atoms with E-state index in [4.69, 9.17) is 9.47 Å². The van der Waals surface area contributed by atoms with Crippen molar-refractivity contribution >= 4 is 5.91 Å². The normalized spacial score (nSPS) is 25.6. The quantitative estimate of drug-likeness (QED) is 0.0655. The van der Waals surface area contributed by atoms with Crippen molar-refractivity contribution in [2.24, 2.45) is 0 Å². The molecule has 12 heteroatoms. The Hall–Kier alpha value is -0.930. The molecule has 0 unspecified atom stereocenters. The minimum absolute atomic E-state index is 0.280. The van der Waals surface area contributed by atoms with Gasteiger partial charge in [-0.3, -0.25) is 4.79 Å². The van der Waals surface area contributed by atoms with Crippen molar-refractivity contribution in [2.45, 2.75) is 165 Å². The Morgan fingerprint density at radius 1 is 0.738 bits per heavy atom. The van der Waals surface area contributed by atoms with Crippen molar-refractivity contribution in [3.8, 4) is 0 Å². The molecule has 0 aliphatic carbocycles. The van der Waals surface area contributed by atoms with Crippen LogP contribution < -0.4 is 5.32 Å². The molecule has 0 radical (unpaired) electrons. The van der Waals surface area contributed by atoms with Crippen LogP contribution in [0.3, 0.4) is 0 Å². The van der Waals surface area contributed by atoms with Gasteiger partial charge < -0.3 is 55.6 Å². The molecule has 9 atom stereocenters. The number of hydrogen-bond acceptors (Lipinski definition) is 11. The van der Waals surface area contributed by atoms with E-state index in [9.17, 15) is 45.6 Å². The summed E-state index contributed by atoms with van der Waals surface area (Å²) in [5, 5.41) is 82.2. The minimum Gasteiger partial charge on any atom is -0.394 e. The van der Waals surface area contributed by atoms with Crippen LogP contribution in [0.2, 0.25) is 0 Å². The number of nitrogens with one attached hydrogen (secondary N) is 1. The molecule has 9 N–H and O–H groups in total. The summed E-state index contributed by atoms with van der Waals surface area (Å²) < 4.78 is 10.5. The van der Waals surface area contributed by atoms with Gasteiger partial charge in [-0.2, -0.15) is 0 Å². The summed E-state index contributed by atoms with van der Waals surface area (Å²) >= 11 is 0. The van der Waals surface area contributed by atoms with Gasteiger partial charge in [0.2, 0.25) is 0 Å². The summed E-state index contributed by atoms with van der Waals surface area (Å²) in [5.74, 6) is -0.906. The maximum Gasteiger partial charge on any atom is 0.251 e. The Balaban J connectivity index is 2.25. The number of aliphatic hydroxyl groups excluding tert-OH is 8. The molecule has 0 spiro atoms. The maximum atomic E-state index is 12.4. The molecule has 0 aromatic carbocycles. The molecular formula is C30H59NO11. The Morgan fingerprint density at radius 2 is 1.21 bits per heavy atom. The van der Waals surface area contributed by atoms with Crippen LogP contribution in [0.15, 0.2) is 0 Å². The van der Waals surface area contributed by atoms with E-state index >= 15 is 0 Å². The highest BCUT2D eigenvalue weighted by molar-refractivity contribution is 5.81. The summed E-state index contributed by atoms with van der Waals surface area (Å²) in [6.07, 6.45) is 3.54. The van der Waals surface area contributed by atoms with E-state index in [0.717, 1.165) is 19.3 Å². The van der Waals surface area contributed by atoms with Gasteiger partial charge in [0.15, 0.2) is 12.4 Å². The third-order valence-corrected chi connectivity index (χ3v) is 7.96. The van der Waals surface area contributed by atoms with Crippen LogP contribution in [0.5, 0.6) is 0 Å². The molecule has 0 aromatic heterocycles. The first-order chi connectivity index (χ1) is 20.2. The number of carbonyl (C=O) groups excluding carboxylic acids is 1. The monoisotopic (exact) mass is 609 g/mol. The highest BCUT2D eigenvalue weighted by Crippen LogP contribution is 2.25. The van der Waals surface area contributed by atoms with E-state index in [1.165, 1.54) is 77.0 Å². The number of ether oxygens (including phenoxy) is 2. The maximum absolute atomic E-state index is 12.4. The number of rotatable bonds is 25. The van der Waals surface area contributed by atoms with E-state index in [-0.39, 0.29) is 6.54 Å². The molecule has 0 saturated carbocycles. The predicted octanol–water partition coefficient (Wildman–Crippen LogP) is 0.624. The fourth-order valence-electron chi connectivity index (χ4n) is 5.16. The van der Waals surface area contributed by atoms with E-state index in [2.05, 4.69) is 12.2 Å². The second kappa shape index (κ2) is 23.5. The number of amides is 1. The molecule has 1 heterocycles. The molecule has 1 rings (SSSR count). The zero-order valence-corrected chi connectivity index (χ0v) is 25.4. The fraction of sp³-hybridized carbons (Fsp3) is 0.967. The average Bonchev–Trinajstić information content (AvgIpc) is 2.99. The summed E-state index contributed by atoms with van der Waals surface area (Å²) in [4.78, 5) is 12.4. The number of unbranched alkanes of at least 4 members (excludes halogenated alkanes) is 15. The van der Waals surface area contributed by atoms with Gasteiger partial charge in [0.1, 0.15) is 42.7 Å². The van der Waals surface area contributed by atoms with E-state index < -0.39 is 74.2 Å². The first kappa shape index (κ1) is 39.1. The Labute approximate surface area is 251 Å². The summed E-state index contributed by atoms with van der Waals surface area (Å²) in [5.41, 5.74) is 0. The van der Waals surface area contributed by atoms with Crippen LogP contribution in [0.25, 0.3) is 0 Å². The zero-order chi connectivity index (χ0) is 31.3. The summed E-state index contributed by atoms with van der Waals surface area (Å²) in [6, 6.07) is 0. The lowest BCUT2D eigenvalue weighted by Crippen LogP contribution is -2.62. The Morgan fingerprint density at radius 3 is 1.67 bits per heavy atom. The first-order valence-electron chi connectivity index (χ1n) is 16.1. The van der Waals surface area contributed by atoms with E-state index in [0.29, 0.717) is 6.42 Å². The minimum atomic E-state index is -2.04. The van der Waals surface area contributed by atoms with Crippen LogP contribution >= 0.6 is 0 Å². The molecule has 0 aromatic rings. The van der Waals surface area contributed by atoms with Gasteiger partial charge in [-0.1, -0.05) is 103 Å². The van der Waals surface area contributed by atoms with Gasteiger partial charge in [-0.15, -0.1) is 0 Å². The van der Waals surface area contributed by atoms with Crippen LogP contribution in [0.1, 0.15) is 110 Å². The SMILES string of the molecule is CCCCCCCCCCCCCCCCCCNC(=O)[C@H](O)[C@@H](O)[C@H](O[C@@H]1O[C@H](CO)[C@H](O)[C@H](O)[C@H]1O)[C@H](O)CO. The van der Waals surface area contributed by atoms with Gasteiger partial charge in [-0.25, -0.2) is 0 Å². The van der Waals surface area contributed by atoms with Crippen LogP contribution in [-0.2, 0) is 14.3 Å². The van der Waals surface area contributed by atoms with E-state index in [1.54, 1.807) is 0 Å². The highest BCUT2D eigenvalue weighted by atomic mass is 16.7. The second-order valence-corrected chi connectivity index (χ2v) is 11.6. The molecule has 250 valence electrons.